The minimum atomic E-state index is -1.92. The zero-order chi connectivity index (χ0) is 100. The fourth-order valence-corrected chi connectivity index (χ4v) is 15.7. The second kappa shape index (κ2) is 57.8. The molecule has 2 fully saturated rings. The molecule has 2 aromatic heterocycles. The van der Waals surface area contributed by atoms with E-state index >= 15 is 9.59 Å². The smallest absolute Gasteiger partial charge is 0.317 e. The van der Waals surface area contributed by atoms with Gasteiger partial charge in [0.05, 0.1) is 51.7 Å². The number of para-hydroxylation sites is 1. The number of fused-ring (bicyclic) bond motifs is 1. The van der Waals surface area contributed by atoms with Crippen LogP contribution in [-0.2, 0) is 107 Å². The molecule has 13 amide bonds. The molecule has 47 heteroatoms. The van der Waals surface area contributed by atoms with E-state index in [4.69, 9.17) is 22.6 Å². The molecule has 47 nitrogen and oxygen atoms in total. The van der Waals surface area contributed by atoms with Gasteiger partial charge in [0.25, 0.3) is 0 Å². The molecule has 137 heavy (non-hydrogen) atoms. The van der Waals surface area contributed by atoms with Crippen molar-refractivity contribution in [3.05, 3.63) is 120 Å². The highest BCUT2D eigenvalue weighted by Gasteiger charge is 2.41. The van der Waals surface area contributed by atoms with Crippen molar-refractivity contribution in [2.45, 2.75) is 190 Å². The molecule has 0 radical (unpaired) electrons. The summed E-state index contributed by atoms with van der Waals surface area (Å²) in [5.74, 6) is -16.1. The SMILES string of the molecule is CC(C)C[C@H](NC(=O)[C@@H](CCCCNC(=O)[C@@H](Cc1ccccc1)NC(=O)CCCCCNC(=O)CN1CCN(CC(=O)O)CCN(CC(=O)O)CCN(CC(=O)O)CC1)NC(=O)[C@H](Cc1ccc(O)cc1)NC(=O)[C@H](CO)NC(=O)[C@H](Cc1c[nH]c2ccccc12)NC(=O)[C@H](Cc1cnc[nH]1)NC(=O)[C@H](N)CCC(=O)O)C(=O)N[C@@H](CCCNC(=N)N)C(=O)N1CCC[C@H]1C(=O)NCC(N)=O. The number of benzene rings is 3. The Kier molecular flexibility index (Phi) is 46.5. The number of nitrogens with one attached hydrogen (secondary N) is 15. The summed E-state index contributed by atoms with van der Waals surface area (Å²) >= 11 is 0. The molecule has 750 valence electrons. The number of unbranched alkanes of at least 4 members (excludes halogenated alkanes) is 3. The molecule has 2 saturated heterocycles. The number of aromatic amines is 2. The molecule has 7 rings (SSSR count). The van der Waals surface area contributed by atoms with Crippen LogP contribution >= 0.6 is 0 Å². The number of carboxylic acid groups (broad SMARTS) is 4. The predicted octanol–water partition coefficient (Wildman–Crippen LogP) is -4.73. The minimum absolute atomic E-state index is 0.0159. The van der Waals surface area contributed by atoms with Gasteiger partial charge in [-0.05, 0) is 111 Å². The van der Waals surface area contributed by atoms with E-state index in [2.05, 4.69) is 78.8 Å². The number of aliphatic carboxylic acids is 4. The van der Waals surface area contributed by atoms with Gasteiger partial charge in [-0.1, -0.05) is 80.9 Å². The maximum atomic E-state index is 15.4. The van der Waals surface area contributed by atoms with E-state index in [9.17, 15) is 103 Å². The van der Waals surface area contributed by atoms with Crippen molar-refractivity contribution in [2.24, 2.45) is 23.1 Å². The molecule has 27 N–H and O–H groups in total. The summed E-state index contributed by atoms with van der Waals surface area (Å²) < 4.78 is 0. The normalized spacial score (nSPS) is 16.0. The number of aliphatic hydroxyl groups is 1. The molecule has 0 saturated carbocycles. The van der Waals surface area contributed by atoms with E-state index in [1.165, 1.54) is 41.7 Å². The third-order valence-corrected chi connectivity index (χ3v) is 23.0. The lowest BCUT2D eigenvalue weighted by atomic mass is 10.00. The summed E-state index contributed by atoms with van der Waals surface area (Å²) in [5, 5.41) is 100. The van der Waals surface area contributed by atoms with E-state index in [0.717, 1.165) is 0 Å². The molecule has 3 aromatic carbocycles. The average Bonchev–Trinajstić information content (AvgIpc) is 1.68. The first-order valence-corrected chi connectivity index (χ1v) is 45.8. The van der Waals surface area contributed by atoms with Crippen molar-refractivity contribution in [3.63, 3.8) is 0 Å². The number of phenols is 1. The van der Waals surface area contributed by atoms with Gasteiger partial charge in [0.15, 0.2) is 5.96 Å². The van der Waals surface area contributed by atoms with Gasteiger partial charge in [-0.3, -0.25) is 107 Å². The second-order valence-corrected chi connectivity index (χ2v) is 34.4. The van der Waals surface area contributed by atoms with Gasteiger partial charge in [-0.25, -0.2) is 4.98 Å². The summed E-state index contributed by atoms with van der Waals surface area (Å²) in [6.07, 6.45) is 4.18. The number of aromatic hydroxyl groups is 1. The van der Waals surface area contributed by atoms with Gasteiger partial charge in [0, 0.05) is 146 Å². The number of phenolic OH excluding ortho intramolecular Hbond substituents is 1. The number of aromatic nitrogens is 3. The standard InChI is InChI=1S/C90H132N24O23/c1-55(2)41-66(83(131)104-65(20-13-31-98-90(93)94)89(137)114-32-14-21-72(114)88(136)100-48-73(92)117)106-82(130)64(19-10-12-30-97-81(129)67(42-56-15-5-3-6-16-56)102-74(118)22-7-4-11-29-96-75(119)49-110-33-35-111(50-77(122)123)37-39-113(52-79(126)127)40-38-112(36-34-110)51-78(124)125)103-84(132)68(43-57-23-25-60(116)26-24-57)107-87(135)71(53-115)109-85(133)69(44-58-46-99-63-18-9-8-17-61(58)63)108-86(134)70(45-59-47-95-54-101-59)105-80(128)62(91)27-28-76(120)121/h3,5-6,8-9,15-18,23-26,46-47,54-55,62,64-72,99,115-116H,4,7,10-14,19-22,27-45,48-53,91H2,1-2H3,(H2,92,117)(H,95,101)(H,96,119)(H,97,129)(H,100,136)(H,102,118)(H,103,132)(H,104,131)(H,105,128)(H,106,130)(H,107,135)(H,108,134)(H,109,133)(H,120,121)(H,122,123)(H,124,125)(H,126,127)(H4,93,94,98)/t62-,64-,65+,66+,67-,68+,69+,70+,71+,72+/m1/s1. The Labute approximate surface area is 791 Å². The second-order valence-electron chi connectivity index (χ2n) is 34.4. The van der Waals surface area contributed by atoms with E-state index in [1.54, 1.807) is 94.2 Å². The fourth-order valence-electron chi connectivity index (χ4n) is 15.7. The highest BCUT2D eigenvalue weighted by molar-refractivity contribution is 6.00. The monoisotopic (exact) mass is 1920 g/mol. The third-order valence-electron chi connectivity index (χ3n) is 23.0. The number of hydrogen-bond donors (Lipinski definition) is 24. The molecular formula is C90H132N24O23. The molecule has 4 heterocycles. The van der Waals surface area contributed by atoms with Crippen LogP contribution in [0.3, 0.4) is 0 Å². The van der Waals surface area contributed by atoms with Crippen LogP contribution in [0.15, 0.2) is 97.6 Å². The minimum Gasteiger partial charge on any atom is -0.508 e. The number of H-pyrrole nitrogens is 2. The maximum Gasteiger partial charge on any atom is 0.317 e. The molecule has 2 aliphatic heterocycles. The van der Waals surface area contributed by atoms with E-state index in [-0.39, 0.29) is 205 Å². The maximum absolute atomic E-state index is 15.4. The Morgan fingerprint density at radius 1 is 0.467 bits per heavy atom. The number of amides is 13. The van der Waals surface area contributed by atoms with Gasteiger partial charge in [-0.2, -0.15) is 0 Å². The Balaban J connectivity index is 1.10. The fraction of sp³-hybridized carbons (Fsp3) is 0.544. The van der Waals surface area contributed by atoms with Gasteiger partial charge < -0.3 is 127 Å². The largest absolute Gasteiger partial charge is 0.508 e. The summed E-state index contributed by atoms with van der Waals surface area (Å²) in [4.78, 5) is 250. The van der Waals surface area contributed by atoms with Crippen molar-refractivity contribution < 1.29 is 112 Å². The van der Waals surface area contributed by atoms with Crippen molar-refractivity contribution in [1.29, 1.82) is 5.41 Å². The lowest BCUT2D eigenvalue weighted by molar-refractivity contribution is -0.142. The third kappa shape index (κ3) is 40.4. The average molecular weight is 1920 g/mol. The van der Waals surface area contributed by atoms with Crippen LogP contribution in [-0.4, -0.2) is 355 Å². The van der Waals surface area contributed by atoms with E-state index in [0.29, 0.717) is 59.0 Å². The van der Waals surface area contributed by atoms with Gasteiger partial charge in [0.1, 0.15) is 60.1 Å². The highest BCUT2D eigenvalue weighted by Crippen LogP contribution is 2.23. The van der Waals surface area contributed by atoms with Crippen molar-refractivity contribution in [3.8, 4) is 5.75 Å². The number of imidazole rings is 1. The van der Waals surface area contributed by atoms with Crippen LogP contribution in [0.2, 0.25) is 0 Å². The number of carboxylic acids is 4. The number of hydrogen-bond acceptors (Lipinski definition) is 26. The predicted molar refractivity (Wildman–Crippen MR) is 496 cm³/mol. The van der Waals surface area contributed by atoms with E-state index in [1.807, 2.05) is 0 Å². The Morgan fingerprint density at radius 2 is 0.964 bits per heavy atom. The van der Waals surface area contributed by atoms with Gasteiger partial charge in [0.2, 0.25) is 76.8 Å². The molecule has 2 aliphatic rings. The number of nitrogens with zero attached hydrogens (tertiary/aromatic N) is 6. The van der Waals surface area contributed by atoms with Crippen LogP contribution in [0.1, 0.15) is 126 Å². The zero-order valence-electron chi connectivity index (χ0n) is 77.1. The first-order valence-electron chi connectivity index (χ1n) is 45.8. The topological polar surface area (TPSA) is 719 Å². The Bertz CT molecular complexity index is 4820. The number of carbonyl (C=O) groups excluding carboxylic acids is 13. The van der Waals surface area contributed by atoms with Gasteiger partial charge >= 0.3 is 23.9 Å². The molecule has 0 unspecified atom stereocenters. The zero-order valence-corrected chi connectivity index (χ0v) is 77.1. The number of carbonyl (C=O) groups is 17. The molecular weight excluding hydrogens is 1790 g/mol. The lowest BCUT2D eigenvalue weighted by Crippen LogP contribution is -2.61. The molecule has 10 atom stereocenters. The number of aliphatic hydroxyl groups excluding tert-OH is 1. The van der Waals surface area contributed by atoms with Crippen molar-refractivity contribution in [2.75, 3.05) is 118 Å². The number of primary amides is 1. The Hall–Kier alpha value is -13.8. The number of likely N-dealkylation sites (tertiary alicyclic amines) is 1. The van der Waals surface area contributed by atoms with Crippen LogP contribution in [0, 0.1) is 11.3 Å². The van der Waals surface area contributed by atoms with Crippen LogP contribution in [0.25, 0.3) is 10.9 Å². The van der Waals surface area contributed by atoms with Crippen LogP contribution < -0.4 is 81.0 Å². The summed E-state index contributed by atoms with van der Waals surface area (Å²) in [5.41, 5.74) is 19.4. The van der Waals surface area contributed by atoms with Crippen LogP contribution in [0.4, 0.5) is 0 Å². The number of guanidine groups is 1. The lowest BCUT2D eigenvalue weighted by Gasteiger charge is -2.32. The quantitative estimate of drug-likeness (QED) is 0.00988. The summed E-state index contributed by atoms with van der Waals surface area (Å²) in [6.45, 7) is 2.70. The summed E-state index contributed by atoms with van der Waals surface area (Å²) in [6, 6.07) is 6.42. The highest BCUT2D eigenvalue weighted by atomic mass is 16.4. The Morgan fingerprint density at radius 3 is 1.54 bits per heavy atom. The summed E-state index contributed by atoms with van der Waals surface area (Å²) in [7, 11) is 0. The molecule has 5 aromatic rings. The van der Waals surface area contributed by atoms with Crippen molar-refractivity contribution >= 4 is 118 Å². The molecule has 0 bridgehead atoms. The van der Waals surface area contributed by atoms with E-state index < -0.39 is 181 Å². The number of rotatable bonds is 57. The van der Waals surface area contributed by atoms with Gasteiger partial charge in [-0.15, -0.1) is 0 Å². The molecule has 0 spiro atoms. The molecule has 0 aliphatic carbocycles. The number of nitrogens with two attached hydrogens (primary N) is 3. The first kappa shape index (κ1) is 110. The van der Waals surface area contributed by atoms with Crippen molar-refractivity contribution in [1.82, 2.24) is 103 Å². The first-order chi connectivity index (χ1) is 65.4. The van der Waals surface area contributed by atoms with Crippen LogP contribution in [0.5, 0.6) is 5.75 Å².